The second-order valence-electron chi connectivity index (χ2n) is 7.09. The predicted octanol–water partition coefficient (Wildman–Crippen LogP) is 3.63. The van der Waals surface area contributed by atoms with Crippen molar-refractivity contribution in [3.8, 4) is 0 Å². The largest absolute Gasteiger partial charge is 0.455 e. The summed E-state index contributed by atoms with van der Waals surface area (Å²) in [6.07, 6.45) is -0.164. The van der Waals surface area contributed by atoms with Gasteiger partial charge in [0, 0.05) is 22.2 Å². The number of anilines is 1. The number of benzene rings is 2. The molecule has 0 unspecified atom stereocenters. The van der Waals surface area contributed by atoms with Crippen molar-refractivity contribution in [1.29, 1.82) is 0 Å². The van der Waals surface area contributed by atoms with Crippen LogP contribution in [-0.4, -0.2) is 41.9 Å². The van der Waals surface area contributed by atoms with Crippen LogP contribution in [0.1, 0.15) is 22.3 Å². The Morgan fingerprint density at radius 3 is 2.50 bits per heavy atom. The van der Waals surface area contributed by atoms with Gasteiger partial charge in [0.1, 0.15) is 0 Å². The minimum Gasteiger partial charge on any atom is -0.455 e. The molecule has 11 heteroatoms. The molecule has 0 bridgehead atoms. The van der Waals surface area contributed by atoms with E-state index in [9.17, 15) is 19.2 Å². The third-order valence-electron chi connectivity index (χ3n) is 4.69. The Labute approximate surface area is 198 Å². The Morgan fingerprint density at radius 2 is 1.78 bits per heavy atom. The lowest BCUT2D eigenvalue weighted by atomic mass is 10.1. The van der Waals surface area contributed by atoms with E-state index in [-0.39, 0.29) is 23.6 Å². The molecule has 3 amide bonds. The fourth-order valence-corrected chi connectivity index (χ4v) is 3.67. The first kappa shape index (κ1) is 23.8. The molecule has 0 spiro atoms. The van der Waals surface area contributed by atoms with Crippen LogP contribution in [0.4, 0.5) is 5.69 Å². The minimum atomic E-state index is -0.829. The Bertz CT molecular complexity index is 1090. The molecular formula is C21H18Cl3N3O5. The second kappa shape index (κ2) is 10.2. The molecule has 32 heavy (non-hydrogen) atoms. The molecule has 1 aliphatic heterocycles. The molecule has 0 saturated carbocycles. The number of ether oxygens (including phenoxy) is 1. The molecule has 0 aromatic heterocycles. The topological polar surface area (TPSA) is 105 Å². The summed E-state index contributed by atoms with van der Waals surface area (Å²) in [5, 5.41) is 4.57. The highest BCUT2D eigenvalue weighted by Gasteiger charge is 2.37. The number of nitrogens with one attached hydrogen (secondary N) is 2. The van der Waals surface area contributed by atoms with Crippen molar-refractivity contribution in [3.05, 3.63) is 62.6 Å². The quantitative estimate of drug-likeness (QED) is 0.592. The van der Waals surface area contributed by atoms with Gasteiger partial charge < -0.3 is 10.1 Å². The Morgan fingerprint density at radius 1 is 1.09 bits per heavy atom. The molecule has 168 valence electrons. The number of halogens is 3. The minimum absolute atomic E-state index is 0.0936. The van der Waals surface area contributed by atoms with Crippen LogP contribution in [0.2, 0.25) is 15.1 Å². The lowest BCUT2D eigenvalue weighted by Crippen LogP contribution is -2.43. The molecular weight excluding hydrogens is 481 g/mol. The highest BCUT2D eigenvalue weighted by Crippen LogP contribution is 2.23. The second-order valence-corrected chi connectivity index (χ2v) is 8.37. The van der Waals surface area contributed by atoms with Gasteiger partial charge in [-0.3, -0.25) is 29.6 Å². The van der Waals surface area contributed by atoms with E-state index < -0.39 is 36.2 Å². The van der Waals surface area contributed by atoms with E-state index in [2.05, 4.69) is 10.7 Å². The molecule has 8 nitrogen and oxygen atoms in total. The average Bonchev–Trinajstić information content (AvgIpc) is 3.09. The van der Waals surface area contributed by atoms with Crippen molar-refractivity contribution in [1.82, 2.24) is 10.4 Å². The molecule has 2 aromatic rings. The fraction of sp³-hybridized carbons (Fsp3) is 0.238. The molecule has 3 rings (SSSR count). The van der Waals surface area contributed by atoms with E-state index in [0.717, 1.165) is 10.6 Å². The first-order valence-electron chi connectivity index (χ1n) is 9.43. The van der Waals surface area contributed by atoms with Gasteiger partial charge >= 0.3 is 5.97 Å². The maximum atomic E-state index is 12.4. The van der Waals surface area contributed by atoms with Crippen molar-refractivity contribution >= 4 is 64.2 Å². The normalized spacial score (nSPS) is 15.4. The fourth-order valence-electron chi connectivity index (χ4n) is 3.00. The van der Waals surface area contributed by atoms with Crippen molar-refractivity contribution in [2.75, 3.05) is 18.5 Å². The maximum absolute atomic E-state index is 12.4. The van der Waals surface area contributed by atoms with E-state index in [1.807, 2.05) is 0 Å². The third-order valence-corrected chi connectivity index (χ3v) is 5.47. The summed E-state index contributed by atoms with van der Waals surface area (Å²) >= 11 is 17.7. The molecule has 2 aromatic carbocycles. The smallest absolute Gasteiger partial charge is 0.311 e. The van der Waals surface area contributed by atoms with Gasteiger partial charge in [-0.1, -0.05) is 40.9 Å². The standard InChI is InChI=1S/C21H18Cl3N3O5/c1-11-2-3-14(23)8-17(11)25-18(28)10-32-21(31)12-6-19(29)27(9-12)26-20(30)15-5-4-13(22)7-16(15)24/h2-5,7-8,12H,6,9-10H2,1H3,(H,25,28)(H,26,30)/t12-/m1/s1. The van der Waals surface area contributed by atoms with Crippen LogP contribution in [-0.2, 0) is 19.1 Å². The molecule has 0 aliphatic carbocycles. The number of aryl methyl sites for hydroxylation is 1. The highest BCUT2D eigenvalue weighted by atomic mass is 35.5. The van der Waals surface area contributed by atoms with Gasteiger partial charge in [-0.05, 0) is 42.8 Å². The van der Waals surface area contributed by atoms with Gasteiger partial charge in [-0.25, -0.2) is 0 Å². The number of rotatable bonds is 6. The van der Waals surface area contributed by atoms with Crippen molar-refractivity contribution in [2.45, 2.75) is 13.3 Å². The van der Waals surface area contributed by atoms with Crippen LogP contribution in [0.3, 0.4) is 0 Å². The maximum Gasteiger partial charge on any atom is 0.311 e. The number of nitrogens with zero attached hydrogens (tertiary/aromatic N) is 1. The molecule has 1 aliphatic rings. The monoisotopic (exact) mass is 497 g/mol. The SMILES string of the molecule is Cc1ccc(Cl)cc1NC(=O)COC(=O)[C@@H]1CC(=O)N(NC(=O)c2ccc(Cl)cc2Cl)C1. The van der Waals surface area contributed by atoms with Crippen molar-refractivity contribution < 1.29 is 23.9 Å². The number of carbonyl (C=O) groups is 4. The summed E-state index contributed by atoms with van der Waals surface area (Å²) < 4.78 is 5.04. The van der Waals surface area contributed by atoms with Crippen LogP contribution in [0.25, 0.3) is 0 Å². The van der Waals surface area contributed by atoms with Crippen LogP contribution in [0.5, 0.6) is 0 Å². The zero-order valence-corrected chi connectivity index (χ0v) is 19.1. The Balaban J connectivity index is 1.51. The predicted molar refractivity (Wildman–Crippen MR) is 120 cm³/mol. The van der Waals surface area contributed by atoms with Gasteiger partial charge in [0.25, 0.3) is 11.8 Å². The molecule has 0 radical (unpaired) electrons. The van der Waals surface area contributed by atoms with Gasteiger partial charge in [-0.2, -0.15) is 0 Å². The first-order valence-corrected chi connectivity index (χ1v) is 10.6. The molecule has 1 fully saturated rings. The van der Waals surface area contributed by atoms with E-state index in [1.165, 1.54) is 18.2 Å². The highest BCUT2D eigenvalue weighted by molar-refractivity contribution is 6.36. The summed E-state index contributed by atoms with van der Waals surface area (Å²) in [5.41, 5.74) is 3.84. The Kier molecular flexibility index (Phi) is 7.60. The number of hydrogen-bond acceptors (Lipinski definition) is 5. The zero-order valence-electron chi connectivity index (χ0n) is 16.8. The number of esters is 1. The number of amides is 3. The lowest BCUT2D eigenvalue weighted by molar-refractivity contribution is -0.151. The summed E-state index contributed by atoms with van der Waals surface area (Å²) in [6.45, 7) is 1.17. The van der Waals surface area contributed by atoms with Crippen LogP contribution in [0.15, 0.2) is 36.4 Å². The summed E-state index contributed by atoms with van der Waals surface area (Å²) in [4.78, 5) is 49.0. The average molecular weight is 499 g/mol. The number of hydrazine groups is 1. The van der Waals surface area contributed by atoms with E-state index in [4.69, 9.17) is 39.5 Å². The Hall–Kier alpha value is -2.81. The van der Waals surface area contributed by atoms with Gasteiger partial charge in [0.05, 0.1) is 23.0 Å². The van der Waals surface area contributed by atoms with Gasteiger partial charge in [-0.15, -0.1) is 0 Å². The summed E-state index contributed by atoms with van der Waals surface area (Å²) in [7, 11) is 0. The van der Waals surface area contributed by atoms with E-state index in [0.29, 0.717) is 15.7 Å². The van der Waals surface area contributed by atoms with E-state index in [1.54, 1.807) is 25.1 Å². The molecule has 2 N–H and O–H groups in total. The third kappa shape index (κ3) is 5.91. The van der Waals surface area contributed by atoms with Crippen molar-refractivity contribution in [3.63, 3.8) is 0 Å². The molecule has 1 heterocycles. The van der Waals surface area contributed by atoms with E-state index >= 15 is 0 Å². The van der Waals surface area contributed by atoms with Crippen LogP contribution < -0.4 is 10.7 Å². The first-order chi connectivity index (χ1) is 15.1. The lowest BCUT2D eigenvalue weighted by Gasteiger charge is -2.18. The number of carbonyl (C=O) groups excluding carboxylic acids is 4. The molecule has 1 saturated heterocycles. The summed E-state index contributed by atoms with van der Waals surface area (Å²) in [5.74, 6) is -3.19. The summed E-state index contributed by atoms with van der Waals surface area (Å²) in [6, 6.07) is 9.33. The van der Waals surface area contributed by atoms with Gasteiger partial charge in [0.2, 0.25) is 5.91 Å². The van der Waals surface area contributed by atoms with Crippen LogP contribution in [0, 0.1) is 12.8 Å². The van der Waals surface area contributed by atoms with Crippen molar-refractivity contribution in [2.24, 2.45) is 5.92 Å². The van der Waals surface area contributed by atoms with Crippen LogP contribution >= 0.6 is 34.8 Å². The molecule has 1 atom stereocenters. The zero-order chi connectivity index (χ0) is 23.4. The number of hydrogen-bond donors (Lipinski definition) is 2. The van der Waals surface area contributed by atoms with Gasteiger partial charge in [0.15, 0.2) is 6.61 Å².